The van der Waals surface area contributed by atoms with Crippen molar-refractivity contribution in [3.63, 3.8) is 0 Å². The first kappa shape index (κ1) is 26.0. The number of nitrogens with one attached hydrogen (secondary N) is 2. The minimum absolute atomic E-state index is 0.243. The SMILES string of the molecule is COC(=O)C(CC1CCCC1CNC(=O)OC(C)(C)C)[C@@H](C)NC(=O)OC(C)(C)C. The molecule has 1 aliphatic carbocycles. The number of rotatable bonds is 7. The first-order valence-corrected chi connectivity index (χ1v) is 10.8. The average molecular weight is 429 g/mol. The Balaban J connectivity index is 2.70. The van der Waals surface area contributed by atoms with E-state index in [9.17, 15) is 14.4 Å². The molecule has 0 heterocycles. The topological polar surface area (TPSA) is 103 Å². The molecule has 3 unspecified atom stereocenters. The Hall–Kier alpha value is -1.99. The van der Waals surface area contributed by atoms with Crippen LogP contribution in [0.3, 0.4) is 0 Å². The Kier molecular flexibility index (Phi) is 9.43. The Bertz CT molecular complexity index is 593. The van der Waals surface area contributed by atoms with Crippen LogP contribution in [0.5, 0.6) is 0 Å². The first-order chi connectivity index (χ1) is 13.7. The van der Waals surface area contributed by atoms with Crippen molar-refractivity contribution in [2.75, 3.05) is 13.7 Å². The summed E-state index contributed by atoms with van der Waals surface area (Å²) in [6, 6.07) is -0.438. The predicted molar refractivity (Wildman–Crippen MR) is 114 cm³/mol. The van der Waals surface area contributed by atoms with Crippen molar-refractivity contribution < 1.29 is 28.6 Å². The maximum atomic E-state index is 12.4. The molecule has 1 fully saturated rings. The second-order valence-corrected chi connectivity index (χ2v) is 10.1. The number of carbonyl (C=O) groups excluding carboxylic acids is 3. The predicted octanol–water partition coefficient (Wildman–Crippen LogP) is 4.02. The van der Waals surface area contributed by atoms with Crippen molar-refractivity contribution in [3.8, 4) is 0 Å². The van der Waals surface area contributed by atoms with Gasteiger partial charge in [-0.15, -0.1) is 0 Å². The molecule has 2 N–H and O–H groups in total. The smallest absolute Gasteiger partial charge is 0.407 e. The van der Waals surface area contributed by atoms with E-state index in [2.05, 4.69) is 10.6 Å². The van der Waals surface area contributed by atoms with Gasteiger partial charge >= 0.3 is 18.2 Å². The number of alkyl carbamates (subject to hydrolysis) is 2. The molecule has 4 atom stereocenters. The molecule has 8 nitrogen and oxygen atoms in total. The summed E-state index contributed by atoms with van der Waals surface area (Å²) in [5.74, 6) is -0.357. The molecule has 0 aromatic rings. The van der Waals surface area contributed by atoms with E-state index in [-0.39, 0.29) is 17.8 Å². The third-order valence-corrected chi connectivity index (χ3v) is 5.13. The summed E-state index contributed by atoms with van der Waals surface area (Å²) in [6.07, 6.45) is 2.56. The van der Waals surface area contributed by atoms with Crippen LogP contribution in [0.1, 0.15) is 74.1 Å². The normalized spacial score (nSPS) is 21.3. The van der Waals surface area contributed by atoms with Crippen LogP contribution < -0.4 is 10.6 Å². The van der Waals surface area contributed by atoms with Crippen LogP contribution in [0, 0.1) is 17.8 Å². The van der Waals surface area contributed by atoms with E-state index in [0.29, 0.717) is 13.0 Å². The number of ether oxygens (including phenoxy) is 3. The molecule has 2 amide bonds. The number of amides is 2. The van der Waals surface area contributed by atoms with Crippen LogP contribution in [0.4, 0.5) is 9.59 Å². The quantitative estimate of drug-likeness (QED) is 0.469. The number of hydrogen-bond donors (Lipinski definition) is 2. The van der Waals surface area contributed by atoms with E-state index >= 15 is 0 Å². The largest absolute Gasteiger partial charge is 0.469 e. The van der Waals surface area contributed by atoms with Crippen LogP contribution in [-0.2, 0) is 19.0 Å². The Morgan fingerprint density at radius 3 is 2.00 bits per heavy atom. The molecule has 1 rings (SSSR count). The average Bonchev–Trinajstić information content (AvgIpc) is 3.00. The van der Waals surface area contributed by atoms with Gasteiger partial charge in [0.25, 0.3) is 0 Å². The third kappa shape index (κ3) is 9.67. The van der Waals surface area contributed by atoms with Crippen LogP contribution in [0.25, 0.3) is 0 Å². The zero-order valence-electron chi connectivity index (χ0n) is 19.8. The fourth-order valence-electron chi connectivity index (χ4n) is 3.80. The van der Waals surface area contributed by atoms with E-state index in [1.54, 1.807) is 27.7 Å². The Morgan fingerprint density at radius 2 is 1.47 bits per heavy atom. The minimum Gasteiger partial charge on any atom is -0.469 e. The Labute approximate surface area is 180 Å². The van der Waals surface area contributed by atoms with Gasteiger partial charge in [0.2, 0.25) is 0 Å². The van der Waals surface area contributed by atoms with Gasteiger partial charge in [-0.1, -0.05) is 12.8 Å². The number of esters is 1. The molecule has 0 spiro atoms. The van der Waals surface area contributed by atoms with Crippen LogP contribution >= 0.6 is 0 Å². The highest BCUT2D eigenvalue weighted by molar-refractivity contribution is 5.75. The second kappa shape index (κ2) is 10.9. The van der Waals surface area contributed by atoms with Gasteiger partial charge in [0.15, 0.2) is 0 Å². The molecular weight excluding hydrogens is 388 g/mol. The highest BCUT2D eigenvalue weighted by atomic mass is 16.6. The third-order valence-electron chi connectivity index (χ3n) is 5.13. The van der Waals surface area contributed by atoms with Gasteiger partial charge in [-0.3, -0.25) is 4.79 Å². The maximum absolute atomic E-state index is 12.4. The lowest BCUT2D eigenvalue weighted by molar-refractivity contribution is -0.147. The summed E-state index contributed by atoms with van der Waals surface area (Å²) in [4.78, 5) is 36.5. The molecule has 0 aromatic heterocycles. The number of carbonyl (C=O) groups is 3. The molecular formula is C22H40N2O6. The van der Waals surface area contributed by atoms with Crippen LogP contribution in [-0.4, -0.2) is 49.1 Å². The van der Waals surface area contributed by atoms with Crippen LogP contribution in [0.2, 0.25) is 0 Å². The molecule has 8 heteroatoms. The first-order valence-electron chi connectivity index (χ1n) is 10.8. The van der Waals surface area contributed by atoms with Crippen LogP contribution in [0.15, 0.2) is 0 Å². The molecule has 0 saturated heterocycles. The fourth-order valence-corrected chi connectivity index (χ4v) is 3.80. The highest BCUT2D eigenvalue weighted by Crippen LogP contribution is 2.37. The van der Waals surface area contributed by atoms with Gasteiger partial charge in [-0.25, -0.2) is 9.59 Å². The number of methoxy groups -OCH3 is 1. The zero-order chi connectivity index (χ0) is 23.1. The summed E-state index contributed by atoms with van der Waals surface area (Å²) >= 11 is 0. The van der Waals surface area contributed by atoms with E-state index in [1.165, 1.54) is 7.11 Å². The van der Waals surface area contributed by atoms with Gasteiger partial charge < -0.3 is 24.8 Å². The van der Waals surface area contributed by atoms with E-state index in [0.717, 1.165) is 19.3 Å². The summed E-state index contributed by atoms with van der Waals surface area (Å²) in [5, 5.41) is 5.61. The van der Waals surface area contributed by atoms with Crippen molar-refractivity contribution in [1.82, 2.24) is 10.6 Å². The lowest BCUT2D eigenvalue weighted by atomic mass is 9.83. The van der Waals surface area contributed by atoms with Gasteiger partial charge in [0.05, 0.1) is 13.0 Å². The van der Waals surface area contributed by atoms with Gasteiger partial charge in [-0.05, 0) is 73.1 Å². The van der Waals surface area contributed by atoms with Crippen molar-refractivity contribution in [2.45, 2.75) is 91.4 Å². The molecule has 0 bridgehead atoms. The van der Waals surface area contributed by atoms with Gasteiger partial charge in [0.1, 0.15) is 11.2 Å². The highest BCUT2D eigenvalue weighted by Gasteiger charge is 2.36. The van der Waals surface area contributed by atoms with Crippen molar-refractivity contribution in [3.05, 3.63) is 0 Å². The van der Waals surface area contributed by atoms with Crippen molar-refractivity contribution >= 4 is 18.2 Å². The van der Waals surface area contributed by atoms with Crippen molar-refractivity contribution in [1.29, 1.82) is 0 Å². The summed E-state index contributed by atoms with van der Waals surface area (Å²) in [6.45, 7) is 13.1. The molecule has 1 saturated carbocycles. The van der Waals surface area contributed by atoms with Gasteiger partial charge in [0, 0.05) is 12.6 Å². The van der Waals surface area contributed by atoms with E-state index < -0.39 is 35.3 Å². The lowest BCUT2D eigenvalue weighted by Gasteiger charge is -2.29. The summed E-state index contributed by atoms with van der Waals surface area (Å²) < 4.78 is 15.6. The van der Waals surface area contributed by atoms with E-state index in [1.807, 2.05) is 20.8 Å². The van der Waals surface area contributed by atoms with Crippen molar-refractivity contribution in [2.24, 2.45) is 17.8 Å². The summed E-state index contributed by atoms with van der Waals surface area (Å²) in [7, 11) is 1.35. The zero-order valence-corrected chi connectivity index (χ0v) is 19.8. The van der Waals surface area contributed by atoms with E-state index in [4.69, 9.17) is 14.2 Å². The number of hydrogen-bond acceptors (Lipinski definition) is 6. The Morgan fingerprint density at radius 1 is 0.933 bits per heavy atom. The van der Waals surface area contributed by atoms with Gasteiger partial charge in [-0.2, -0.15) is 0 Å². The molecule has 0 aliphatic heterocycles. The summed E-state index contributed by atoms with van der Waals surface area (Å²) in [5.41, 5.74) is -1.16. The maximum Gasteiger partial charge on any atom is 0.407 e. The lowest BCUT2D eigenvalue weighted by Crippen LogP contribution is -2.45. The monoisotopic (exact) mass is 428 g/mol. The minimum atomic E-state index is -0.617. The second-order valence-electron chi connectivity index (χ2n) is 10.1. The standard InChI is InChI=1S/C22H40N2O6/c1-14(24-20(27)30-22(5,6)7)17(18(25)28-8)12-15-10-9-11-16(15)13-23-19(26)29-21(2,3)4/h14-17H,9-13H2,1-8H3,(H,23,26)(H,24,27)/t14-,15?,16?,17?/m1/s1. The fraction of sp³-hybridized carbons (Fsp3) is 0.864. The molecule has 30 heavy (non-hydrogen) atoms. The molecule has 0 aromatic carbocycles. The molecule has 1 aliphatic rings. The molecule has 174 valence electrons. The molecule has 0 radical (unpaired) electrons.